The van der Waals surface area contributed by atoms with Crippen LogP contribution >= 0.6 is 0 Å². The Bertz CT molecular complexity index is 2330. The lowest BCUT2D eigenvalue weighted by Crippen LogP contribution is -2.28. The lowest BCUT2D eigenvalue weighted by Gasteiger charge is -2.35. The fourth-order valence-corrected chi connectivity index (χ4v) is 8.24. The number of hydrogen-bond donors (Lipinski definition) is 0. The first-order valence-corrected chi connectivity index (χ1v) is 17.6. The van der Waals surface area contributed by atoms with Crippen LogP contribution in [0.2, 0.25) is 0 Å². The summed E-state index contributed by atoms with van der Waals surface area (Å²) in [5, 5.41) is 0. The summed E-state index contributed by atoms with van der Waals surface area (Å²) in [4.78, 5) is 2.49. The lowest BCUT2D eigenvalue weighted by molar-refractivity contribution is 0.768. The molecule has 7 aromatic rings. The molecule has 2 aliphatic rings. The van der Waals surface area contributed by atoms with Crippen molar-refractivity contribution in [2.45, 2.75) is 18.3 Å². The Morgan fingerprint density at radius 3 is 1.62 bits per heavy atom. The minimum absolute atomic E-state index is 0.483. The number of rotatable bonds is 7. The van der Waals surface area contributed by atoms with Crippen LogP contribution in [0.3, 0.4) is 0 Å². The van der Waals surface area contributed by atoms with E-state index >= 15 is 0 Å². The molecule has 0 bridgehead atoms. The summed E-state index contributed by atoms with van der Waals surface area (Å²) in [5.74, 6) is 0. The van der Waals surface area contributed by atoms with Crippen molar-refractivity contribution in [2.24, 2.45) is 0 Å². The third kappa shape index (κ3) is 4.85. The van der Waals surface area contributed by atoms with Crippen LogP contribution in [-0.4, -0.2) is 0 Å². The third-order valence-electron chi connectivity index (χ3n) is 10.4. The Hall–Kier alpha value is -6.18. The Balaban J connectivity index is 1.36. The van der Waals surface area contributed by atoms with E-state index in [-0.39, 0.29) is 0 Å². The molecular weight excluding hydrogens is 603 g/mol. The zero-order valence-corrected chi connectivity index (χ0v) is 27.9. The maximum absolute atomic E-state index is 2.49. The third-order valence-corrected chi connectivity index (χ3v) is 10.4. The first-order chi connectivity index (χ1) is 24.8. The average molecular weight is 640 g/mol. The highest BCUT2D eigenvalue weighted by Crippen LogP contribution is 2.57. The maximum atomic E-state index is 2.49. The maximum Gasteiger partial charge on any atom is 0.0714 e. The number of hydrogen-bond acceptors (Lipinski definition) is 1. The molecule has 50 heavy (non-hydrogen) atoms. The smallest absolute Gasteiger partial charge is 0.0714 e. The second-order valence-corrected chi connectivity index (χ2v) is 13.1. The van der Waals surface area contributed by atoms with Crippen LogP contribution in [0.1, 0.15) is 40.7 Å². The van der Waals surface area contributed by atoms with Crippen molar-refractivity contribution >= 4 is 22.6 Å². The molecule has 7 aromatic carbocycles. The van der Waals surface area contributed by atoms with Crippen LogP contribution in [0.4, 0.5) is 17.1 Å². The van der Waals surface area contributed by atoms with Gasteiger partial charge in [0.2, 0.25) is 0 Å². The predicted molar refractivity (Wildman–Crippen MR) is 210 cm³/mol. The van der Waals surface area contributed by atoms with Crippen molar-refractivity contribution in [1.82, 2.24) is 0 Å². The number of anilines is 3. The van der Waals surface area contributed by atoms with Crippen molar-refractivity contribution in [3.8, 4) is 22.3 Å². The number of allylic oxidation sites excluding steroid dienone is 4. The molecule has 1 nitrogen and oxygen atoms in total. The van der Waals surface area contributed by atoms with E-state index in [1.807, 2.05) is 0 Å². The number of nitrogens with zero attached hydrogens (tertiary/aromatic N) is 1. The van der Waals surface area contributed by atoms with Crippen LogP contribution in [-0.2, 0) is 5.41 Å². The highest BCUT2D eigenvalue weighted by molar-refractivity contribution is 5.95. The summed E-state index contributed by atoms with van der Waals surface area (Å²) in [6.07, 6.45) is 9.11. The molecule has 1 heteroatoms. The van der Waals surface area contributed by atoms with Crippen LogP contribution < -0.4 is 4.90 Å². The fraction of sp³-hybridized carbons (Fsp3) is 0.0612. The van der Waals surface area contributed by atoms with Crippen molar-refractivity contribution in [3.05, 3.63) is 228 Å². The Kier molecular flexibility index (Phi) is 7.59. The molecule has 2 aliphatic carbocycles. The van der Waals surface area contributed by atoms with E-state index in [2.05, 4.69) is 205 Å². The average Bonchev–Trinajstić information content (AvgIpc) is 3.50. The molecule has 0 saturated heterocycles. The molecule has 0 atom stereocenters. The van der Waals surface area contributed by atoms with Gasteiger partial charge in [-0.25, -0.2) is 0 Å². The van der Waals surface area contributed by atoms with E-state index in [0.29, 0.717) is 0 Å². The van der Waals surface area contributed by atoms with Gasteiger partial charge >= 0.3 is 0 Å². The molecule has 0 amide bonds. The van der Waals surface area contributed by atoms with Gasteiger partial charge in [0.05, 0.1) is 16.8 Å². The topological polar surface area (TPSA) is 3.24 Å². The lowest BCUT2D eigenvalue weighted by atomic mass is 9.67. The van der Waals surface area contributed by atoms with Gasteiger partial charge in [-0.05, 0) is 81.6 Å². The normalized spacial score (nSPS) is 14.0. The largest absolute Gasteiger partial charge is 0.309 e. The van der Waals surface area contributed by atoms with Gasteiger partial charge in [-0.2, -0.15) is 0 Å². The van der Waals surface area contributed by atoms with Crippen LogP contribution in [0.5, 0.6) is 0 Å². The van der Waals surface area contributed by atoms with Gasteiger partial charge in [0.15, 0.2) is 0 Å². The minimum Gasteiger partial charge on any atom is -0.309 e. The summed E-state index contributed by atoms with van der Waals surface area (Å²) in [6.45, 7) is 0. The second kappa shape index (κ2) is 12.7. The van der Waals surface area contributed by atoms with Gasteiger partial charge in [0, 0.05) is 16.8 Å². The summed E-state index contributed by atoms with van der Waals surface area (Å²) >= 11 is 0. The first-order valence-electron chi connectivity index (χ1n) is 17.6. The molecule has 0 spiro atoms. The molecule has 9 rings (SSSR count). The molecule has 0 fully saturated rings. The van der Waals surface area contributed by atoms with Crippen LogP contribution in [0, 0.1) is 0 Å². The summed E-state index contributed by atoms with van der Waals surface area (Å²) < 4.78 is 0. The van der Waals surface area contributed by atoms with Crippen molar-refractivity contribution < 1.29 is 0 Å². The van der Waals surface area contributed by atoms with Gasteiger partial charge in [-0.1, -0.05) is 176 Å². The number of para-hydroxylation sites is 2. The fourth-order valence-electron chi connectivity index (χ4n) is 8.24. The standard InChI is InChI=1S/C49H37N/c1-5-19-36(20-6-1)41-27-14-17-31-47(41)50(48-32-18-15-28-42(48)37-21-7-2-8-22-37)40-33-34-44-43-29-13-16-30-45(43)49(46(44)35-40,38-23-9-3-10-24-38)39-25-11-4-12-26-39/h1,3-7,9-35H,2,8H2. The monoisotopic (exact) mass is 639 g/mol. The molecule has 0 aliphatic heterocycles. The quantitative estimate of drug-likeness (QED) is 0.168. The molecule has 0 radical (unpaired) electrons. The van der Waals surface area contributed by atoms with Gasteiger partial charge in [0.1, 0.15) is 0 Å². The zero-order valence-electron chi connectivity index (χ0n) is 27.9. The SMILES string of the molecule is C1=CC(c2ccccc2N(c2ccc3c(c2)C(c2ccccc2)(c2ccccc2)c2ccccc2-3)c2ccccc2-c2ccccc2)=CCC1. The van der Waals surface area contributed by atoms with Crippen molar-refractivity contribution in [2.75, 3.05) is 4.90 Å². The van der Waals surface area contributed by atoms with Gasteiger partial charge in [-0.3, -0.25) is 0 Å². The molecule has 0 unspecified atom stereocenters. The highest BCUT2D eigenvalue weighted by Gasteiger charge is 2.46. The Morgan fingerprint density at radius 1 is 0.420 bits per heavy atom. The highest BCUT2D eigenvalue weighted by atomic mass is 15.1. The van der Waals surface area contributed by atoms with Crippen molar-refractivity contribution in [1.29, 1.82) is 0 Å². The van der Waals surface area contributed by atoms with E-state index in [4.69, 9.17) is 0 Å². The zero-order chi connectivity index (χ0) is 33.3. The van der Waals surface area contributed by atoms with E-state index in [1.165, 1.54) is 55.6 Å². The van der Waals surface area contributed by atoms with Gasteiger partial charge < -0.3 is 4.90 Å². The molecule has 0 saturated carbocycles. The molecule has 0 N–H and O–H groups in total. The molecular formula is C49H37N. The van der Waals surface area contributed by atoms with E-state index < -0.39 is 5.41 Å². The predicted octanol–water partition coefficient (Wildman–Crippen LogP) is 12.9. The number of benzene rings is 7. The van der Waals surface area contributed by atoms with Gasteiger partial charge in [0.25, 0.3) is 0 Å². The second-order valence-electron chi connectivity index (χ2n) is 13.1. The van der Waals surface area contributed by atoms with Crippen LogP contribution in [0.25, 0.3) is 27.8 Å². The van der Waals surface area contributed by atoms with E-state index in [0.717, 1.165) is 29.9 Å². The van der Waals surface area contributed by atoms with Gasteiger partial charge in [-0.15, -0.1) is 0 Å². The van der Waals surface area contributed by atoms with E-state index in [9.17, 15) is 0 Å². The Labute approximate surface area is 295 Å². The molecule has 0 heterocycles. The number of fused-ring (bicyclic) bond motifs is 3. The summed E-state index contributed by atoms with van der Waals surface area (Å²) in [5.41, 5.74) is 15.6. The summed E-state index contributed by atoms with van der Waals surface area (Å²) in [6, 6.07) is 66.8. The first kappa shape index (κ1) is 29.9. The van der Waals surface area contributed by atoms with Crippen molar-refractivity contribution in [3.63, 3.8) is 0 Å². The minimum atomic E-state index is -0.483. The molecule has 238 valence electrons. The molecule has 0 aromatic heterocycles. The van der Waals surface area contributed by atoms with E-state index in [1.54, 1.807) is 0 Å². The Morgan fingerprint density at radius 2 is 0.960 bits per heavy atom. The van der Waals surface area contributed by atoms with Crippen LogP contribution in [0.15, 0.2) is 200 Å². The summed E-state index contributed by atoms with van der Waals surface area (Å²) in [7, 11) is 0.